The molecule has 1 atom stereocenters. The van der Waals surface area contributed by atoms with Crippen molar-refractivity contribution in [2.75, 3.05) is 12.3 Å². The second-order valence-corrected chi connectivity index (χ2v) is 6.40. The maximum absolute atomic E-state index is 10.3. The van der Waals surface area contributed by atoms with Crippen molar-refractivity contribution in [3.8, 4) is 5.75 Å². The van der Waals surface area contributed by atoms with Crippen LogP contribution in [0, 0.1) is 0 Å². The molecule has 0 aromatic heterocycles. The monoisotopic (exact) mass is 311 g/mol. The summed E-state index contributed by atoms with van der Waals surface area (Å²) in [5.41, 5.74) is 8.68. The Labute approximate surface area is 138 Å². The third-order valence-electron chi connectivity index (χ3n) is 4.66. The maximum atomic E-state index is 10.3. The molecule has 0 aliphatic heterocycles. The van der Waals surface area contributed by atoms with Crippen LogP contribution >= 0.6 is 0 Å². The lowest BCUT2D eigenvalue weighted by Crippen LogP contribution is -2.10. The summed E-state index contributed by atoms with van der Waals surface area (Å²) >= 11 is 0. The van der Waals surface area contributed by atoms with Gasteiger partial charge in [0, 0.05) is 11.8 Å². The van der Waals surface area contributed by atoms with Crippen LogP contribution in [-0.4, -0.2) is 11.7 Å². The van der Waals surface area contributed by atoms with E-state index in [0.29, 0.717) is 17.4 Å². The number of nitrogens with two attached hydrogens (primary N) is 1. The molecule has 0 saturated heterocycles. The molecule has 2 aromatic rings. The van der Waals surface area contributed by atoms with Gasteiger partial charge in [0.2, 0.25) is 0 Å². The molecule has 3 heteroatoms. The van der Waals surface area contributed by atoms with E-state index in [0.717, 1.165) is 5.56 Å². The second-order valence-electron chi connectivity index (χ2n) is 6.40. The van der Waals surface area contributed by atoms with Gasteiger partial charge in [0.1, 0.15) is 18.5 Å². The first-order valence-electron chi connectivity index (χ1n) is 8.48. The van der Waals surface area contributed by atoms with Crippen molar-refractivity contribution in [3.63, 3.8) is 0 Å². The standard InChI is InChI=1S/C20H25NO2/c21-18-7-4-8-19(13-18)23-14-20(22)17-11-9-16(10-12-17)15-5-2-1-3-6-15/h4,7-13,15,20,22H,1-3,5-6,14,21H2. The van der Waals surface area contributed by atoms with Crippen LogP contribution in [0.5, 0.6) is 5.75 Å². The van der Waals surface area contributed by atoms with E-state index in [-0.39, 0.29) is 6.61 Å². The molecule has 1 saturated carbocycles. The average molecular weight is 311 g/mol. The van der Waals surface area contributed by atoms with E-state index < -0.39 is 6.10 Å². The number of hydrogen-bond donors (Lipinski definition) is 2. The van der Waals surface area contributed by atoms with Crippen molar-refractivity contribution < 1.29 is 9.84 Å². The lowest BCUT2D eigenvalue weighted by Gasteiger charge is -2.22. The molecule has 1 aliphatic rings. The van der Waals surface area contributed by atoms with Crippen LogP contribution in [0.2, 0.25) is 0 Å². The molecule has 0 spiro atoms. The molecule has 0 amide bonds. The molecule has 3 rings (SSSR count). The van der Waals surface area contributed by atoms with Crippen LogP contribution in [-0.2, 0) is 0 Å². The zero-order chi connectivity index (χ0) is 16.1. The minimum absolute atomic E-state index is 0.228. The van der Waals surface area contributed by atoms with Gasteiger partial charge in [-0.3, -0.25) is 0 Å². The first-order valence-corrected chi connectivity index (χ1v) is 8.48. The first kappa shape index (κ1) is 15.9. The van der Waals surface area contributed by atoms with Crippen LogP contribution in [0.3, 0.4) is 0 Å². The zero-order valence-corrected chi connectivity index (χ0v) is 13.4. The van der Waals surface area contributed by atoms with Crippen molar-refractivity contribution in [1.29, 1.82) is 0 Å². The Balaban J connectivity index is 1.57. The van der Waals surface area contributed by atoms with Gasteiger partial charge in [-0.05, 0) is 42.0 Å². The maximum Gasteiger partial charge on any atom is 0.121 e. The zero-order valence-electron chi connectivity index (χ0n) is 13.4. The van der Waals surface area contributed by atoms with Crippen molar-refractivity contribution in [2.24, 2.45) is 0 Å². The summed E-state index contributed by atoms with van der Waals surface area (Å²) < 4.78 is 5.62. The summed E-state index contributed by atoms with van der Waals surface area (Å²) in [7, 11) is 0. The van der Waals surface area contributed by atoms with Crippen molar-refractivity contribution in [3.05, 3.63) is 59.7 Å². The van der Waals surface area contributed by atoms with Crippen LogP contribution in [0.25, 0.3) is 0 Å². The Bertz CT molecular complexity index is 618. The number of rotatable bonds is 5. The third-order valence-corrected chi connectivity index (χ3v) is 4.66. The first-order chi connectivity index (χ1) is 11.2. The van der Waals surface area contributed by atoms with Gasteiger partial charge in [0.25, 0.3) is 0 Å². The minimum atomic E-state index is -0.628. The lowest BCUT2D eigenvalue weighted by atomic mass is 9.84. The van der Waals surface area contributed by atoms with E-state index in [1.807, 2.05) is 30.3 Å². The highest BCUT2D eigenvalue weighted by Gasteiger charge is 2.16. The molecule has 1 aliphatic carbocycles. The smallest absolute Gasteiger partial charge is 0.121 e. The Morgan fingerprint density at radius 1 is 1.04 bits per heavy atom. The van der Waals surface area contributed by atoms with Crippen LogP contribution in [0.15, 0.2) is 48.5 Å². The molecule has 2 aromatic carbocycles. The van der Waals surface area contributed by atoms with Gasteiger partial charge in [-0.2, -0.15) is 0 Å². The second kappa shape index (κ2) is 7.51. The Kier molecular flexibility index (Phi) is 5.19. The molecule has 0 heterocycles. The molecule has 0 radical (unpaired) electrons. The Morgan fingerprint density at radius 3 is 2.48 bits per heavy atom. The lowest BCUT2D eigenvalue weighted by molar-refractivity contribution is 0.108. The topological polar surface area (TPSA) is 55.5 Å². The summed E-state index contributed by atoms with van der Waals surface area (Å²) in [5.74, 6) is 1.38. The normalized spacial score (nSPS) is 16.9. The van der Waals surface area contributed by atoms with Crippen LogP contribution in [0.4, 0.5) is 5.69 Å². The molecule has 1 fully saturated rings. The van der Waals surface area contributed by atoms with Crippen LogP contribution < -0.4 is 10.5 Å². The highest BCUT2D eigenvalue weighted by molar-refractivity contribution is 5.43. The largest absolute Gasteiger partial charge is 0.490 e. The van der Waals surface area contributed by atoms with Gasteiger partial charge in [0.15, 0.2) is 0 Å². The number of nitrogen functional groups attached to an aromatic ring is 1. The molecule has 0 bridgehead atoms. The van der Waals surface area contributed by atoms with E-state index in [2.05, 4.69) is 12.1 Å². The number of aliphatic hydroxyl groups excluding tert-OH is 1. The van der Waals surface area contributed by atoms with E-state index in [1.54, 1.807) is 6.07 Å². The highest BCUT2D eigenvalue weighted by atomic mass is 16.5. The van der Waals surface area contributed by atoms with Gasteiger partial charge in [-0.25, -0.2) is 0 Å². The van der Waals surface area contributed by atoms with Gasteiger partial charge in [-0.15, -0.1) is 0 Å². The van der Waals surface area contributed by atoms with Crippen molar-refractivity contribution in [1.82, 2.24) is 0 Å². The molecule has 3 nitrogen and oxygen atoms in total. The van der Waals surface area contributed by atoms with E-state index in [1.165, 1.54) is 37.7 Å². The molecule has 3 N–H and O–H groups in total. The summed E-state index contributed by atoms with van der Waals surface area (Å²) in [6.07, 6.45) is 6.00. The van der Waals surface area contributed by atoms with E-state index in [4.69, 9.17) is 10.5 Å². The Morgan fingerprint density at radius 2 is 1.78 bits per heavy atom. The van der Waals surface area contributed by atoms with E-state index in [9.17, 15) is 5.11 Å². The summed E-state index contributed by atoms with van der Waals surface area (Å²) in [4.78, 5) is 0. The fraction of sp³-hybridized carbons (Fsp3) is 0.400. The van der Waals surface area contributed by atoms with Gasteiger partial charge in [-0.1, -0.05) is 49.6 Å². The average Bonchev–Trinajstić information content (AvgIpc) is 2.61. The molecule has 23 heavy (non-hydrogen) atoms. The molecule has 122 valence electrons. The predicted molar refractivity (Wildman–Crippen MR) is 93.6 cm³/mol. The Hall–Kier alpha value is -2.00. The number of benzene rings is 2. The van der Waals surface area contributed by atoms with Gasteiger partial charge in [0.05, 0.1) is 0 Å². The molecular weight excluding hydrogens is 286 g/mol. The van der Waals surface area contributed by atoms with Crippen molar-refractivity contribution >= 4 is 5.69 Å². The SMILES string of the molecule is Nc1cccc(OCC(O)c2ccc(C3CCCCC3)cc2)c1. The minimum Gasteiger partial charge on any atom is -0.490 e. The quantitative estimate of drug-likeness (QED) is 0.803. The summed E-state index contributed by atoms with van der Waals surface area (Å²) in [6.45, 7) is 0.228. The number of hydrogen-bond acceptors (Lipinski definition) is 3. The number of aliphatic hydroxyl groups is 1. The van der Waals surface area contributed by atoms with Crippen molar-refractivity contribution in [2.45, 2.75) is 44.1 Å². The molecular formula is C20H25NO2. The van der Waals surface area contributed by atoms with Gasteiger partial charge < -0.3 is 15.6 Å². The fourth-order valence-electron chi connectivity index (χ4n) is 3.30. The van der Waals surface area contributed by atoms with Gasteiger partial charge >= 0.3 is 0 Å². The fourth-order valence-corrected chi connectivity index (χ4v) is 3.30. The third kappa shape index (κ3) is 4.26. The predicted octanol–water partition coefficient (Wildman–Crippen LogP) is 4.43. The van der Waals surface area contributed by atoms with Crippen LogP contribution in [0.1, 0.15) is 55.3 Å². The summed E-state index contributed by atoms with van der Waals surface area (Å²) in [6, 6.07) is 15.6. The highest BCUT2D eigenvalue weighted by Crippen LogP contribution is 2.33. The summed E-state index contributed by atoms with van der Waals surface area (Å²) in [5, 5.41) is 10.3. The number of anilines is 1. The number of ether oxygens (including phenoxy) is 1. The molecule has 1 unspecified atom stereocenters. The van der Waals surface area contributed by atoms with E-state index >= 15 is 0 Å².